The van der Waals surface area contributed by atoms with Gasteiger partial charge in [0.05, 0.1) is 0 Å². The Kier molecular flexibility index (Phi) is 8.91. The van der Waals surface area contributed by atoms with Gasteiger partial charge in [-0.25, -0.2) is 4.39 Å². The third-order valence-corrected chi connectivity index (χ3v) is 4.70. The van der Waals surface area contributed by atoms with Crippen LogP contribution >= 0.6 is 0 Å². The van der Waals surface area contributed by atoms with E-state index in [1.807, 2.05) is 12.2 Å². The molecule has 0 heterocycles. The van der Waals surface area contributed by atoms with Crippen molar-refractivity contribution in [3.63, 3.8) is 0 Å². The van der Waals surface area contributed by atoms with Crippen molar-refractivity contribution >= 4 is 0 Å². The zero-order valence-corrected chi connectivity index (χ0v) is 15.8. The Morgan fingerprint density at radius 2 is 1.68 bits per heavy atom. The molecule has 0 radical (unpaired) electrons. The summed E-state index contributed by atoms with van der Waals surface area (Å²) in [4.78, 5) is 0. The van der Waals surface area contributed by atoms with Gasteiger partial charge in [0.15, 0.2) is 0 Å². The zero-order chi connectivity index (χ0) is 18.8. The quantitative estimate of drug-likeness (QED) is 0.341. The normalized spacial score (nSPS) is 17.3. The topological polar surface area (TPSA) is 0 Å². The van der Waals surface area contributed by atoms with Gasteiger partial charge in [-0.3, -0.25) is 0 Å². The van der Waals surface area contributed by atoms with Crippen molar-refractivity contribution in [2.24, 2.45) is 0 Å². The smallest absolute Gasteiger partial charge is 0.127 e. The van der Waals surface area contributed by atoms with Crippen LogP contribution in [0, 0.1) is 0 Å². The lowest BCUT2D eigenvalue weighted by Gasteiger charge is -2.21. The van der Waals surface area contributed by atoms with Gasteiger partial charge in [-0.2, -0.15) is 0 Å². The summed E-state index contributed by atoms with van der Waals surface area (Å²) in [5.74, 6) is -0.130. The van der Waals surface area contributed by atoms with Gasteiger partial charge in [0.2, 0.25) is 0 Å². The van der Waals surface area contributed by atoms with Crippen LogP contribution in [0.1, 0.15) is 52.4 Å². The van der Waals surface area contributed by atoms with Crippen molar-refractivity contribution in [3.8, 4) is 0 Å². The summed E-state index contributed by atoms with van der Waals surface area (Å²) in [6.07, 6.45) is 15.7. The van der Waals surface area contributed by atoms with Crippen LogP contribution in [0.3, 0.4) is 0 Å². The Balaban J connectivity index is 0.00000151. The second-order valence-electron chi connectivity index (χ2n) is 6.24. The first kappa shape index (κ1) is 20.9. The molecule has 134 valence electrons. The molecule has 0 fully saturated rings. The molecule has 0 N–H and O–H groups in total. The lowest BCUT2D eigenvalue weighted by Crippen LogP contribution is -2.03. The van der Waals surface area contributed by atoms with E-state index in [1.165, 1.54) is 11.1 Å². The number of hydrogen-bond acceptors (Lipinski definition) is 0. The molecule has 0 amide bonds. The highest BCUT2D eigenvalue weighted by Crippen LogP contribution is 2.36. The van der Waals surface area contributed by atoms with Gasteiger partial charge in [-0.1, -0.05) is 62.5 Å². The first-order valence-electron chi connectivity index (χ1n) is 9.08. The van der Waals surface area contributed by atoms with Crippen LogP contribution in [-0.4, -0.2) is 0 Å². The van der Waals surface area contributed by atoms with Crippen LogP contribution in [-0.2, 0) is 0 Å². The minimum atomic E-state index is -0.130. The summed E-state index contributed by atoms with van der Waals surface area (Å²) in [6, 6.07) is 0. The van der Waals surface area contributed by atoms with Crippen LogP contribution in [0.25, 0.3) is 0 Å². The lowest BCUT2D eigenvalue weighted by molar-refractivity contribution is 0.634. The molecule has 2 aliphatic carbocycles. The highest BCUT2D eigenvalue weighted by molar-refractivity contribution is 5.50. The summed E-state index contributed by atoms with van der Waals surface area (Å²) in [5, 5.41) is 0. The SMILES string of the molecule is C=C.C=C(/C=C\C(=C)C1=C(F)C=C(C2=CC=C(CC)CC2)CC1)CC. The first-order valence-corrected chi connectivity index (χ1v) is 9.08. The van der Waals surface area contributed by atoms with E-state index in [0.717, 1.165) is 60.8 Å². The maximum Gasteiger partial charge on any atom is 0.127 e. The minimum absolute atomic E-state index is 0.130. The second-order valence-corrected chi connectivity index (χ2v) is 6.24. The molecule has 0 atom stereocenters. The van der Waals surface area contributed by atoms with Gasteiger partial charge in [0, 0.05) is 0 Å². The maximum atomic E-state index is 14.5. The van der Waals surface area contributed by atoms with E-state index in [0.29, 0.717) is 0 Å². The van der Waals surface area contributed by atoms with Crippen LogP contribution in [0.4, 0.5) is 4.39 Å². The van der Waals surface area contributed by atoms with E-state index in [4.69, 9.17) is 0 Å². The maximum absolute atomic E-state index is 14.5. The summed E-state index contributed by atoms with van der Waals surface area (Å²) < 4.78 is 14.5. The van der Waals surface area contributed by atoms with Crippen molar-refractivity contribution in [2.45, 2.75) is 52.4 Å². The van der Waals surface area contributed by atoms with Gasteiger partial charge in [-0.05, 0) is 66.9 Å². The molecule has 0 saturated carbocycles. The third-order valence-electron chi connectivity index (χ3n) is 4.70. The molecule has 2 rings (SSSR count). The Bertz CT molecular complexity index is 662. The van der Waals surface area contributed by atoms with E-state index in [2.05, 4.69) is 52.3 Å². The molecule has 1 heteroatoms. The van der Waals surface area contributed by atoms with Gasteiger partial charge in [0.25, 0.3) is 0 Å². The van der Waals surface area contributed by atoms with E-state index in [-0.39, 0.29) is 5.83 Å². The van der Waals surface area contributed by atoms with E-state index < -0.39 is 0 Å². The van der Waals surface area contributed by atoms with Gasteiger partial charge in [-0.15, -0.1) is 13.2 Å². The molecule has 0 bridgehead atoms. The minimum Gasteiger partial charge on any atom is -0.207 e. The second kappa shape index (κ2) is 10.7. The highest BCUT2D eigenvalue weighted by atomic mass is 19.1. The summed E-state index contributed by atoms with van der Waals surface area (Å²) in [6.45, 7) is 18.2. The number of allylic oxidation sites excluding steroid dienone is 12. The summed E-state index contributed by atoms with van der Waals surface area (Å²) >= 11 is 0. The van der Waals surface area contributed by atoms with Gasteiger partial charge < -0.3 is 0 Å². The summed E-state index contributed by atoms with van der Waals surface area (Å²) in [7, 11) is 0. The van der Waals surface area contributed by atoms with Crippen LogP contribution in [0.2, 0.25) is 0 Å². The Morgan fingerprint density at radius 1 is 1.00 bits per heavy atom. The number of hydrogen-bond donors (Lipinski definition) is 0. The molecular formula is C24H31F. The van der Waals surface area contributed by atoms with Crippen LogP contribution in [0.15, 0.2) is 96.0 Å². The van der Waals surface area contributed by atoms with Crippen molar-refractivity contribution < 1.29 is 4.39 Å². The molecule has 0 aliphatic heterocycles. The fraction of sp³-hybridized carbons (Fsp3) is 0.333. The Labute approximate surface area is 153 Å². The molecular weight excluding hydrogens is 307 g/mol. The van der Waals surface area contributed by atoms with Gasteiger partial charge in [0.1, 0.15) is 5.83 Å². The molecule has 0 unspecified atom stereocenters. The number of rotatable bonds is 6. The van der Waals surface area contributed by atoms with Crippen molar-refractivity contribution in [2.75, 3.05) is 0 Å². The zero-order valence-electron chi connectivity index (χ0n) is 15.8. The Morgan fingerprint density at radius 3 is 2.20 bits per heavy atom. The monoisotopic (exact) mass is 338 g/mol. The predicted octanol–water partition coefficient (Wildman–Crippen LogP) is 7.87. The Hall–Kier alpha value is -2.15. The fourth-order valence-corrected chi connectivity index (χ4v) is 2.94. The fourth-order valence-electron chi connectivity index (χ4n) is 2.94. The van der Waals surface area contributed by atoms with E-state index in [1.54, 1.807) is 6.08 Å². The average Bonchev–Trinajstić information content (AvgIpc) is 2.67. The predicted molar refractivity (Wildman–Crippen MR) is 110 cm³/mol. The van der Waals surface area contributed by atoms with Crippen molar-refractivity contribution in [1.29, 1.82) is 0 Å². The van der Waals surface area contributed by atoms with Crippen LogP contribution in [0.5, 0.6) is 0 Å². The third kappa shape index (κ3) is 6.01. The molecule has 0 aromatic carbocycles. The molecule has 0 aromatic heterocycles. The van der Waals surface area contributed by atoms with E-state index >= 15 is 0 Å². The summed E-state index contributed by atoms with van der Waals surface area (Å²) in [5.41, 5.74) is 6.44. The van der Waals surface area contributed by atoms with Crippen molar-refractivity contribution in [1.82, 2.24) is 0 Å². The van der Waals surface area contributed by atoms with Gasteiger partial charge >= 0.3 is 0 Å². The first-order chi connectivity index (χ1) is 12.0. The molecule has 0 saturated heterocycles. The highest BCUT2D eigenvalue weighted by Gasteiger charge is 2.18. The number of halogens is 1. The lowest BCUT2D eigenvalue weighted by atomic mass is 9.85. The molecule has 2 aliphatic rings. The van der Waals surface area contributed by atoms with Crippen molar-refractivity contribution in [3.05, 3.63) is 96.0 Å². The van der Waals surface area contributed by atoms with Crippen LogP contribution < -0.4 is 0 Å². The molecule has 0 aromatic rings. The van der Waals surface area contributed by atoms with E-state index in [9.17, 15) is 4.39 Å². The average molecular weight is 339 g/mol. The molecule has 25 heavy (non-hydrogen) atoms. The molecule has 0 nitrogen and oxygen atoms in total. The molecule has 0 spiro atoms. The standard InChI is InChI=1S/C22H27F.C2H4/c1-5-16(3)7-8-17(4)21-14-13-20(15-22(21)23)19-11-9-18(6-2)10-12-19;1-2/h7-9,11,15H,3-6,10,12-14H2,1-2H3;1-2H2/b8-7-;. The largest absolute Gasteiger partial charge is 0.207 e.